The first kappa shape index (κ1) is 25.8. The van der Waals surface area contributed by atoms with Gasteiger partial charge in [0.1, 0.15) is 30.5 Å². The van der Waals surface area contributed by atoms with Crippen LogP contribution in [0.4, 0.5) is 0 Å². The highest BCUT2D eigenvalue weighted by Crippen LogP contribution is 2.30. The molecule has 14 nitrogen and oxygen atoms in total. The lowest BCUT2D eigenvalue weighted by Crippen LogP contribution is -2.67. The minimum atomic E-state index is -1.54. The summed E-state index contributed by atoms with van der Waals surface area (Å²) in [7, 11) is 0. The Morgan fingerprint density at radius 3 is 2.03 bits per heavy atom. The maximum atomic E-state index is 12.0. The van der Waals surface area contributed by atoms with Crippen LogP contribution in [0.1, 0.15) is 12.8 Å². The third kappa shape index (κ3) is 5.12. The number of ether oxygens (including phenoxy) is 4. The van der Waals surface area contributed by atoms with E-state index in [0.29, 0.717) is 0 Å². The van der Waals surface area contributed by atoms with Gasteiger partial charge in [-0.05, 0) is 12.8 Å². The molecule has 0 amide bonds. The molecule has 13 atom stereocenters. The Bertz CT molecular complexity index is 644. The van der Waals surface area contributed by atoms with Gasteiger partial charge in [0.2, 0.25) is 0 Å². The molecule has 0 unspecified atom stereocenters. The van der Waals surface area contributed by atoms with Crippen molar-refractivity contribution in [2.24, 2.45) is 28.7 Å². The van der Waals surface area contributed by atoms with E-state index in [1.165, 1.54) is 0 Å². The molecule has 14 heteroatoms. The topological polar surface area (TPSA) is 265 Å². The summed E-state index contributed by atoms with van der Waals surface area (Å²) in [6.07, 6.45) is -9.94. The van der Waals surface area contributed by atoms with Gasteiger partial charge in [-0.1, -0.05) is 0 Å². The van der Waals surface area contributed by atoms with Crippen LogP contribution in [0.5, 0.6) is 0 Å². The number of aliphatic hydroxyl groups excluding tert-OH is 4. The molecule has 0 aromatic heterocycles. The number of carbonyl (C=O) groups is 1. The number of ketones is 1. The minimum Gasteiger partial charge on any atom is -0.393 e. The smallest absolute Gasteiger partial charge is 0.186 e. The van der Waals surface area contributed by atoms with Gasteiger partial charge in [0.15, 0.2) is 18.4 Å². The van der Waals surface area contributed by atoms with Crippen molar-refractivity contribution in [1.29, 1.82) is 0 Å². The molecule has 1 saturated carbocycles. The fourth-order valence-electron chi connectivity index (χ4n) is 4.31. The van der Waals surface area contributed by atoms with Crippen LogP contribution < -0.4 is 28.7 Å². The maximum absolute atomic E-state index is 12.0. The number of Topliss-reactive ketones (excluding diaryl/α,β-unsaturated/α-hetero) is 1. The quantitative estimate of drug-likeness (QED) is 0.177. The molecule has 3 aliphatic rings. The lowest BCUT2D eigenvalue weighted by Gasteiger charge is -2.47. The zero-order valence-corrected chi connectivity index (χ0v) is 17.6. The third-order valence-electron chi connectivity index (χ3n) is 6.23. The molecular formula is C18H35N5O9. The molecule has 0 spiro atoms. The van der Waals surface area contributed by atoms with Crippen molar-refractivity contribution in [2.45, 2.75) is 92.3 Å². The molecule has 2 aliphatic heterocycles. The monoisotopic (exact) mass is 465 g/mol. The molecule has 0 aromatic carbocycles. The molecule has 3 fully saturated rings. The highest BCUT2D eigenvalue weighted by atomic mass is 16.7. The second-order valence-corrected chi connectivity index (χ2v) is 8.60. The standard InChI is InChI=1S/C18H35N5O9/c19-3-9-8(25)2-7(22)17(29-9)31-15-5(20)1-6(21)16(14(15)28)32-18-13(27)11(23)12(26)10(4-24)30-18/h5-11,13-18,24-25,27-28H,1-4,19-23H2/t5-,6+,7+,8-,9+,10+,11-,13+,14-,15+,16-,17+,18+/m0/s1. The van der Waals surface area contributed by atoms with Gasteiger partial charge in [-0.25, -0.2) is 0 Å². The number of rotatable bonds is 6. The summed E-state index contributed by atoms with van der Waals surface area (Å²) in [5.41, 5.74) is 29.6. The average Bonchev–Trinajstić information content (AvgIpc) is 2.75. The molecule has 3 rings (SSSR count). The third-order valence-corrected chi connectivity index (χ3v) is 6.23. The molecular weight excluding hydrogens is 430 g/mol. The second-order valence-electron chi connectivity index (χ2n) is 8.60. The molecule has 2 heterocycles. The van der Waals surface area contributed by atoms with Crippen molar-refractivity contribution in [2.75, 3.05) is 13.2 Å². The Balaban J connectivity index is 1.71. The Hall–Kier alpha value is -0.850. The summed E-state index contributed by atoms with van der Waals surface area (Å²) >= 11 is 0. The van der Waals surface area contributed by atoms with Crippen LogP contribution in [0, 0.1) is 0 Å². The first-order valence-corrected chi connectivity index (χ1v) is 10.6. The zero-order valence-electron chi connectivity index (χ0n) is 17.6. The number of hydrogen-bond acceptors (Lipinski definition) is 14. The number of hydrogen-bond donors (Lipinski definition) is 9. The predicted octanol–water partition coefficient (Wildman–Crippen LogP) is -6.09. The predicted molar refractivity (Wildman–Crippen MR) is 107 cm³/mol. The summed E-state index contributed by atoms with van der Waals surface area (Å²) < 4.78 is 22.6. The van der Waals surface area contributed by atoms with Crippen molar-refractivity contribution < 1.29 is 44.2 Å². The van der Waals surface area contributed by atoms with Crippen molar-refractivity contribution in [3.8, 4) is 0 Å². The van der Waals surface area contributed by atoms with Gasteiger partial charge >= 0.3 is 0 Å². The lowest BCUT2D eigenvalue weighted by molar-refractivity contribution is -0.297. The minimum absolute atomic E-state index is 0.0472. The van der Waals surface area contributed by atoms with Crippen molar-refractivity contribution in [1.82, 2.24) is 0 Å². The summed E-state index contributed by atoms with van der Waals surface area (Å²) in [6.45, 7) is -0.606. The largest absolute Gasteiger partial charge is 0.393 e. The van der Waals surface area contributed by atoms with Crippen LogP contribution in [-0.2, 0) is 23.7 Å². The first-order chi connectivity index (χ1) is 15.1. The van der Waals surface area contributed by atoms with E-state index in [1.54, 1.807) is 0 Å². The Morgan fingerprint density at radius 2 is 1.47 bits per heavy atom. The van der Waals surface area contributed by atoms with E-state index in [1.807, 2.05) is 0 Å². The normalized spacial score (nSPS) is 50.4. The van der Waals surface area contributed by atoms with E-state index in [-0.39, 0.29) is 19.4 Å². The SMILES string of the molecule is NC[C@H]1O[C@H](O[C@H]2[C@H](O)[C@@H](O[C@H]3O[C@H](CO)C(=O)[C@H](N)[C@H]3O)[C@H](N)C[C@@H]2N)[C@H](N)C[C@@H]1O. The van der Waals surface area contributed by atoms with Gasteiger partial charge in [0, 0.05) is 18.6 Å². The highest BCUT2D eigenvalue weighted by Gasteiger charge is 2.50. The Kier molecular flexibility index (Phi) is 8.54. The van der Waals surface area contributed by atoms with E-state index in [9.17, 15) is 25.2 Å². The maximum Gasteiger partial charge on any atom is 0.186 e. The fourth-order valence-corrected chi connectivity index (χ4v) is 4.31. The average molecular weight is 466 g/mol. The van der Waals surface area contributed by atoms with Crippen molar-refractivity contribution in [3.05, 3.63) is 0 Å². The molecule has 186 valence electrons. The van der Waals surface area contributed by atoms with Crippen LogP contribution in [0.15, 0.2) is 0 Å². The molecule has 0 aromatic rings. The lowest BCUT2D eigenvalue weighted by atomic mass is 9.84. The highest BCUT2D eigenvalue weighted by molar-refractivity contribution is 5.89. The van der Waals surface area contributed by atoms with Crippen molar-refractivity contribution in [3.63, 3.8) is 0 Å². The van der Waals surface area contributed by atoms with Gasteiger partial charge in [0.25, 0.3) is 0 Å². The van der Waals surface area contributed by atoms with E-state index >= 15 is 0 Å². The Labute approximate surface area is 184 Å². The van der Waals surface area contributed by atoms with Crippen LogP contribution >= 0.6 is 0 Å². The van der Waals surface area contributed by atoms with Crippen LogP contribution in [-0.4, -0.2) is 119 Å². The number of aliphatic hydroxyl groups is 4. The summed E-state index contributed by atoms with van der Waals surface area (Å²) in [5, 5.41) is 40.6. The van der Waals surface area contributed by atoms with E-state index in [2.05, 4.69) is 0 Å². The zero-order chi connectivity index (χ0) is 23.7. The molecule has 1 aliphatic carbocycles. The molecule has 0 bridgehead atoms. The van der Waals surface area contributed by atoms with Gasteiger partial charge in [0.05, 0.1) is 30.9 Å². The van der Waals surface area contributed by atoms with Gasteiger partial charge in [-0.3, -0.25) is 4.79 Å². The van der Waals surface area contributed by atoms with Crippen LogP contribution in [0.3, 0.4) is 0 Å². The van der Waals surface area contributed by atoms with Gasteiger partial charge in [-0.2, -0.15) is 0 Å². The van der Waals surface area contributed by atoms with E-state index < -0.39 is 91.9 Å². The second kappa shape index (κ2) is 10.6. The number of nitrogens with two attached hydrogens (primary N) is 5. The van der Waals surface area contributed by atoms with Crippen LogP contribution in [0.25, 0.3) is 0 Å². The summed E-state index contributed by atoms with van der Waals surface area (Å²) in [4.78, 5) is 12.0. The van der Waals surface area contributed by atoms with Crippen molar-refractivity contribution >= 4 is 5.78 Å². The summed E-state index contributed by atoms with van der Waals surface area (Å²) in [6, 6.07) is -3.51. The first-order valence-electron chi connectivity index (χ1n) is 10.6. The molecule has 2 saturated heterocycles. The molecule has 32 heavy (non-hydrogen) atoms. The van der Waals surface area contributed by atoms with Crippen LogP contribution in [0.2, 0.25) is 0 Å². The summed E-state index contributed by atoms with van der Waals surface area (Å²) in [5.74, 6) is -0.670. The van der Waals surface area contributed by atoms with Gasteiger partial charge in [-0.15, -0.1) is 0 Å². The fraction of sp³-hybridized carbons (Fsp3) is 0.944. The molecule has 14 N–H and O–H groups in total. The number of carbonyl (C=O) groups excluding carboxylic acids is 1. The van der Waals surface area contributed by atoms with Gasteiger partial charge < -0.3 is 68.0 Å². The van der Waals surface area contributed by atoms with E-state index in [0.717, 1.165) is 0 Å². The van der Waals surface area contributed by atoms with E-state index in [4.69, 9.17) is 47.6 Å². The Morgan fingerprint density at radius 1 is 0.875 bits per heavy atom. The molecule has 0 radical (unpaired) electrons.